The van der Waals surface area contributed by atoms with Gasteiger partial charge in [-0.3, -0.25) is 0 Å². The van der Waals surface area contributed by atoms with E-state index in [2.05, 4.69) is 4.74 Å². The van der Waals surface area contributed by atoms with E-state index in [1.165, 1.54) is 21.3 Å². The van der Waals surface area contributed by atoms with Gasteiger partial charge in [0.1, 0.15) is 5.60 Å². The smallest absolute Gasteiger partial charge is 0.369 e. The van der Waals surface area contributed by atoms with Crippen molar-refractivity contribution in [2.24, 2.45) is 0 Å². The van der Waals surface area contributed by atoms with Crippen molar-refractivity contribution in [1.29, 1.82) is 0 Å². The van der Waals surface area contributed by atoms with Crippen LogP contribution in [0.5, 0.6) is 0 Å². The maximum Gasteiger partial charge on any atom is 0.369 e. The predicted octanol–water partition coefficient (Wildman–Crippen LogP) is -0.310. The third-order valence-electron chi connectivity index (χ3n) is 2.96. The minimum absolute atomic E-state index is 0.254. The van der Waals surface area contributed by atoms with Crippen LogP contribution in [0, 0.1) is 0 Å². The summed E-state index contributed by atoms with van der Waals surface area (Å²) in [6, 6.07) is 0. The van der Waals surface area contributed by atoms with E-state index in [1.54, 1.807) is 0 Å². The molecule has 0 bridgehead atoms. The minimum Gasteiger partial charge on any atom is -0.465 e. The van der Waals surface area contributed by atoms with Crippen molar-refractivity contribution in [1.82, 2.24) is 0 Å². The Morgan fingerprint density at radius 1 is 1.25 bits per heavy atom. The number of methoxy groups -OCH3 is 3. The first-order chi connectivity index (χ1) is 7.56. The maximum atomic E-state index is 11.7. The third kappa shape index (κ3) is 1.93. The van der Waals surface area contributed by atoms with Crippen molar-refractivity contribution in [3.05, 3.63) is 0 Å². The fourth-order valence-corrected chi connectivity index (χ4v) is 1.99. The largest absolute Gasteiger partial charge is 0.465 e. The summed E-state index contributed by atoms with van der Waals surface area (Å²) in [5, 5.41) is 10.5. The monoisotopic (exact) mass is 234 g/mol. The lowest BCUT2D eigenvalue weighted by Gasteiger charge is -2.44. The first-order valence-electron chi connectivity index (χ1n) is 5.05. The summed E-state index contributed by atoms with van der Waals surface area (Å²) in [7, 11) is 3.82. The van der Waals surface area contributed by atoms with Crippen LogP contribution in [-0.2, 0) is 23.7 Å². The second kappa shape index (κ2) is 5.09. The maximum absolute atomic E-state index is 11.7. The quantitative estimate of drug-likeness (QED) is 0.531. The number of esters is 1. The van der Waals surface area contributed by atoms with E-state index in [0.717, 1.165) is 0 Å². The van der Waals surface area contributed by atoms with Crippen LogP contribution in [0.2, 0.25) is 0 Å². The molecule has 0 atom stereocenters. The number of aliphatic hydroxyl groups is 1. The van der Waals surface area contributed by atoms with Gasteiger partial charge in [0.05, 0.1) is 7.11 Å². The second-order valence-corrected chi connectivity index (χ2v) is 3.66. The van der Waals surface area contributed by atoms with Gasteiger partial charge in [0.15, 0.2) is 0 Å². The molecule has 0 aromatic carbocycles. The first kappa shape index (κ1) is 13.4. The lowest BCUT2D eigenvalue weighted by Crippen LogP contribution is -2.64. The van der Waals surface area contributed by atoms with E-state index < -0.39 is 17.4 Å². The number of rotatable bonds is 4. The summed E-state index contributed by atoms with van der Waals surface area (Å²) in [5.41, 5.74) is -1.43. The van der Waals surface area contributed by atoms with E-state index in [9.17, 15) is 9.90 Å². The van der Waals surface area contributed by atoms with E-state index in [4.69, 9.17) is 14.2 Å². The Morgan fingerprint density at radius 3 is 2.12 bits per heavy atom. The summed E-state index contributed by atoms with van der Waals surface area (Å²) in [6.07, 6.45) is 0.508. The molecular weight excluding hydrogens is 216 g/mol. The Hall–Kier alpha value is -0.690. The van der Waals surface area contributed by atoms with E-state index in [-0.39, 0.29) is 12.8 Å². The molecule has 1 N–H and O–H groups in total. The average Bonchev–Trinajstić information content (AvgIpc) is 2.31. The third-order valence-corrected chi connectivity index (χ3v) is 2.96. The molecule has 0 unspecified atom stereocenters. The van der Waals surface area contributed by atoms with Crippen LogP contribution in [-0.4, -0.2) is 57.0 Å². The number of carbonyl (C=O) groups is 1. The highest BCUT2D eigenvalue weighted by Gasteiger charge is 2.59. The zero-order valence-electron chi connectivity index (χ0n) is 9.82. The molecule has 0 amide bonds. The normalized spacial score (nSPS) is 20.5. The van der Waals surface area contributed by atoms with Crippen molar-refractivity contribution in [2.45, 2.75) is 24.2 Å². The van der Waals surface area contributed by atoms with Crippen LogP contribution in [0.4, 0.5) is 0 Å². The van der Waals surface area contributed by atoms with Gasteiger partial charge in [-0.05, 0) is 0 Å². The molecule has 1 fully saturated rings. The highest BCUT2D eigenvalue weighted by Crippen LogP contribution is 2.36. The van der Waals surface area contributed by atoms with Crippen LogP contribution in [0.15, 0.2) is 0 Å². The van der Waals surface area contributed by atoms with Gasteiger partial charge >= 0.3 is 5.97 Å². The van der Waals surface area contributed by atoms with Gasteiger partial charge in [-0.25, -0.2) is 4.79 Å². The molecule has 1 aliphatic heterocycles. The number of carbonyl (C=O) groups excluding carboxylic acids is 1. The van der Waals surface area contributed by atoms with Crippen molar-refractivity contribution in [3.8, 4) is 0 Å². The number of hydrogen-bond donors (Lipinski definition) is 1. The zero-order chi connectivity index (χ0) is 12.2. The molecule has 1 saturated heterocycles. The Balaban J connectivity index is 3.03. The van der Waals surface area contributed by atoms with E-state index in [0.29, 0.717) is 13.2 Å². The molecule has 1 heterocycles. The molecule has 94 valence electrons. The Kier molecular flexibility index (Phi) is 4.26. The molecule has 16 heavy (non-hydrogen) atoms. The van der Waals surface area contributed by atoms with E-state index >= 15 is 0 Å². The van der Waals surface area contributed by atoms with Gasteiger partial charge in [0, 0.05) is 40.3 Å². The van der Waals surface area contributed by atoms with Crippen LogP contribution in [0.3, 0.4) is 0 Å². The van der Waals surface area contributed by atoms with Crippen LogP contribution in [0.25, 0.3) is 0 Å². The van der Waals surface area contributed by atoms with Crippen molar-refractivity contribution >= 4 is 5.97 Å². The second-order valence-electron chi connectivity index (χ2n) is 3.66. The number of hydrogen-bond acceptors (Lipinski definition) is 6. The Bertz CT molecular complexity index is 242. The standard InChI is InChI=1S/C10H18O6/c1-13-8(11)10(14-2,15-3)9(12)4-6-16-7-5-9/h12H,4-7H2,1-3H3. The van der Waals surface area contributed by atoms with Crippen molar-refractivity contribution in [3.63, 3.8) is 0 Å². The minimum atomic E-state index is -1.79. The van der Waals surface area contributed by atoms with Crippen LogP contribution >= 0.6 is 0 Å². The Morgan fingerprint density at radius 2 is 1.75 bits per heavy atom. The highest BCUT2D eigenvalue weighted by atomic mass is 16.7. The molecular formula is C10H18O6. The van der Waals surface area contributed by atoms with Gasteiger partial charge in [-0.15, -0.1) is 0 Å². The molecule has 1 aliphatic rings. The van der Waals surface area contributed by atoms with E-state index in [1.807, 2.05) is 0 Å². The van der Waals surface area contributed by atoms with Crippen LogP contribution < -0.4 is 0 Å². The lowest BCUT2D eigenvalue weighted by atomic mass is 9.85. The fourth-order valence-electron chi connectivity index (χ4n) is 1.99. The highest BCUT2D eigenvalue weighted by molar-refractivity contribution is 5.79. The topological polar surface area (TPSA) is 74.2 Å². The predicted molar refractivity (Wildman–Crippen MR) is 53.8 cm³/mol. The fraction of sp³-hybridized carbons (Fsp3) is 0.900. The summed E-state index contributed by atoms with van der Waals surface area (Å²) in [5.74, 6) is -2.53. The summed E-state index contributed by atoms with van der Waals surface area (Å²) in [4.78, 5) is 11.7. The molecule has 1 rings (SSSR count). The van der Waals surface area contributed by atoms with Gasteiger partial charge in [0.25, 0.3) is 5.79 Å². The molecule has 0 saturated carbocycles. The zero-order valence-corrected chi connectivity index (χ0v) is 9.82. The first-order valence-corrected chi connectivity index (χ1v) is 5.05. The molecule has 6 heteroatoms. The summed E-state index contributed by atoms with van der Waals surface area (Å²) in [6.45, 7) is 0.698. The number of ether oxygens (including phenoxy) is 4. The summed E-state index contributed by atoms with van der Waals surface area (Å²) >= 11 is 0. The van der Waals surface area contributed by atoms with Crippen LogP contribution in [0.1, 0.15) is 12.8 Å². The van der Waals surface area contributed by atoms with Crippen molar-refractivity contribution in [2.75, 3.05) is 34.5 Å². The summed E-state index contributed by atoms with van der Waals surface area (Å²) < 4.78 is 19.9. The van der Waals surface area contributed by atoms with Gasteiger partial charge in [-0.1, -0.05) is 0 Å². The molecule has 0 spiro atoms. The van der Waals surface area contributed by atoms with Crippen molar-refractivity contribution < 1.29 is 28.8 Å². The lowest BCUT2D eigenvalue weighted by molar-refractivity contribution is -0.307. The Labute approximate surface area is 94.4 Å². The molecule has 0 aliphatic carbocycles. The molecule has 0 radical (unpaired) electrons. The van der Waals surface area contributed by atoms with Gasteiger partial charge in [-0.2, -0.15) is 0 Å². The van der Waals surface area contributed by atoms with Gasteiger partial charge < -0.3 is 24.1 Å². The average molecular weight is 234 g/mol. The SMILES string of the molecule is COC(=O)C(OC)(OC)C1(O)CCOCC1. The molecule has 6 nitrogen and oxygen atoms in total. The molecule has 0 aromatic rings. The molecule has 0 aromatic heterocycles. The van der Waals surface area contributed by atoms with Gasteiger partial charge in [0.2, 0.25) is 0 Å².